The van der Waals surface area contributed by atoms with Crippen molar-refractivity contribution in [2.45, 2.75) is 44.4 Å². The van der Waals surface area contributed by atoms with E-state index in [1.54, 1.807) is 6.20 Å². The van der Waals surface area contributed by atoms with Gasteiger partial charge in [0.25, 0.3) is 0 Å². The van der Waals surface area contributed by atoms with Crippen molar-refractivity contribution in [3.8, 4) is 0 Å². The minimum atomic E-state index is -2.07. The molecule has 7 nitrogen and oxygen atoms in total. The summed E-state index contributed by atoms with van der Waals surface area (Å²) in [5, 5.41) is 19.9. The molecule has 0 radical (unpaired) electrons. The Kier molecular flexibility index (Phi) is 3.54. The molecule has 4 atom stereocenters. The number of alkyl halides is 1. The molecule has 0 bridgehead atoms. The van der Waals surface area contributed by atoms with E-state index in [0.717, 1.165) is 5.56 Å². The van der Waals surface area contributed by atoms with Gasteiger partial charge in [-0.1, -0.05) is 6.92 Å². The number of nitrogens with two attached hydrogens (primary N) is 1. The van der Waals surface area contributed by atoms with Gasteiger partial charge in [-0.05, 0) is 18.9 Å². The Morgan fingerprint density at radius 1 is 1.50 bits per heavy atom. The normalized spacial score (nSPS) is 32.0. The smallest absolute Gasteiger partial charge is 0.181 e. The predicted octanol–water partition coefficient (Wildman–Crippen LogP) is 0.555. The van der Waals surface area contributed by atoms with E-state index < -0.39 is 30.7 Å². The lowest BCUT2D eigenvalue weighted by Crippen LogP contribution is -2.40. The fourth-order valence-electron chi connectivity index (χ4n) is 3.00. The van der Waals surface area contributed by atoms with Gasteiger partial charge in [0.15, 0.2) is 11.9 Å². The van der Waals surface area contributed by atoms with Gasteiger partial charge in [-0.15, -0.1) is 0 Å². The van der Waals surface area contributed by atoms with Crippen molar-refractivity contribution in [2.24, 2.45) is 0 Å². The number of aryl methyl sites for hydroxylation is 1. The third kappa shape index (κ3) is 1.98. The van der Waals surface area contributed by atoms with Crippen LogP contribution in [0.2, 0.25) is 0 Å². The van der Waals surface area contributed by atoms with Gasteiger partial charge in [0.1, 0.15) is 30.0 Å². The number of hydrogen-bond donors (Lipinski definition) is 3. The van der Waals surface area contributed by atoms with Crippen molar-refractivity contribution in [2.75, 3.05) is 12.3 Å². The zero-order valence-corrected chi connectivity index (χ0v) is 12.4. The number of ether oxygens (including phenoxy) is 1. The predicted molar refractivity (Wildman–Crippen MR) is 77.8 cm³/mol. The number of nitrogens with zero attached hydrogens (tertiary/aromatic N) is 3. The lowest BCUT2D eigenvalue weighted by molar-refractivity contribution is -0.0564. The summed E-state index contributed by atoms with van der Waals surface area (Å²) in [5.74, 6) is 0.318. The van der Waals surface area contributed by atoms with E-state index in [1.807, 2.05) is 6.92 Å². The van der Waals surface area contributed by atoms with Crippen LogP contribution in [0.1, 0.15) is 25.6 Å². The second-order valence-electron chi connectivity index (χ2n) is 5.68. The van der Waals surface area contributed by atoms with Crippen molar-refractivity contribution in [1.29, 1.82) is 0 Å². The molecular weight excluding hydrogens is 291 g/mol. The van der Waals surface area contributed by atoms with E-state index in [1.165, 1.54) is 17.8 Å². The van der Waals surface area contributed by atoms with Crippen LogP contribution >= 0.6 is 0 Å². The molecule has 4 N–H and O–H groups in total. The van der Waals surface area contributed by atoms with Gasteiger partial charge in [-0.25, -0.2) is 14.4 Å². The maximum absolute atomic E-state index is 15.0. The average molecular weight is 310 g/mol. The molecule has 0 saturated carbocycles. The largest absolute Gasteiger partial charge is 0.394 e. The number of hydrogen-bond acceptors (Lipinski definition) is 6. The third-order valence-electron chi connectivity index (χ3n) is 4.25. The van der Waals surface area contributed by atoms with Crippen LogP contribution in [0.25, 0.3) is 11.0 Å². The molecule has 0 aromatic carbocycles. The summed E-state index contributed by atoms with van der Waals surface area (Å²) >= 11 is 0. The van der Waals surface area contributed by atoms with Crippen LogP contribution in [-0.2, 0) is 11.2 Å². The summed E-state index contributed by atoms with van der Waals surface area (Å²) < 4.78 is 22.0. The van der Waals surface area contributed by atoms with E-state index >= 15 is 0 Å². The number of aromatic nitrogens is 3. The molecule has 1 aliphatic rings. The molecule has 3 rings (SSSR count). The number of aliphatic hydroxyl groups is 2. The molecule has 1 fully saturated rings. The SMILES string of the molecule is CCc1cn([C@H]2O[C@H](CO)[C@@H](O)[C@@]2(C)F)c2ncnc(N)c12. The molecule has 0 aliphatic carbocycles. The van der Waals surface area contributed by atoms with Crippen LogP contribution in [0, 0.1) is 0 Å². The first kappa shape index (κ1) is 15.1. The Hall–Kier alpha value is -1.77. The van der Waals surface area contributed by atoms with E-state index in [9.17, 15) is 14.6 Å². The standard InChI is InChI=1S/C14H19FN4O3/c1-3-7-4-19(12-9(7)11(16)17-6-18-12)13-14(2,15)10(21)8(5-20)22-13/h4,6,8,10,13,20-21H,3,5H2,1-2H3,(H2,16,17,18)/t8-,10-,13+,14-/m1/s1. The van der Waals surface area contributed by atoms with Gasteiger partial charge in [-0.2, -0.15) is 0 Å². The zero-order chi connectivity index (χ0) is 16.1. The Morgan fingerprint density at radius 2 is 2.23 bits per heavy atom. The molecule has 2 aromatic heterocycles. The van der Waals surface area contributed by atoms with Crippen molar-refractivity contribution in [3.05, 3.63) is 18.1 Å². The summed E-state index contributed by atoms with van der Waals surface area (Å²) in [6.45, 7) is 2.73. The molecule has 0 amide bonds. The second kappa shape index (κ2) is 5.15. The first-order valence-corrected chi connectivity index (χ1v) is 7.15. The molecule has 8 heteroatoms. The topological polar surface area (TPSA) is 106 Å². The Labute approximate surface area is 126 Å². The summed E-state index contributed by atoms with van der Waals surface area (Å²) in [6, 6.07) is 0. The number of anilines is 1. The molecule has 1 aliphatic heterocycles. The summed E-state index contributed by atoms with van der Waals surface area (Å²) in [6.07, 6.45) is 0.175. The molecule has 120 valence electrons. The van der Waals surface area contributed by atoms with Crippen molar-refractivity contribution >= 4 is 16.9 Å². The van der Waals surface area contributed by atoms with Crippen LogP contribution in [0.3, 0.4) is 0 Å². The number of rotatable bonds is 3. The molecule has 22 heavy (non-hydrogen) atoms. The molecule has 2 aromatic rings. The van der Waals surface area contributed by atoms with Crippen LogP contribution in [-0.4, -0.2) is 49.2 Å². The highest BCUT2D eigenvalue weighted by Crippen LogP contribution is 2.43. The van der Waals surface area contributed by atoms with Gasteiger partial charge in [0.05, 0.1) is 12.0 Å². The molecular formula is C14H19FN4O3. The van der Waals surface area contributed by atoms with Crippen LogP contribution in [0.5, 0.6) is 0 Å². The minimum Gasteiger partial charge on any atom is -0.394 e. The van der Waals surface area contributed by atoms with Gasteiger partial charge in [0, 0.05) is 6.20 Å². The Balaban J connectivity index is 2.17. The number of nitrogen functional groups attached to an aromatic ring is 1. The van der Waals surface area contributed by atoms with Crippen LogP contribution in [0.4, 0.5) is 10.2 Å². The molecule has 0 unspecified atom stereocenters. The zero-order valence-electron chi connectivity index (χ0n) is 12.4. The highest BCUT2D eigenvalue weighted by molar-refractivity contribution is 5.89. The second-order valence-corrected chi connectivity index (χ2v) is 5.68. The van der Waals surface area contributed by atoms with Gasteiger partial charge in [0.2, 0.25) is 0 Å². The quantitative estimate of drug-likeness (QED) is 0.764. The molecule has 0 spiro atoms. The number of fused-ring (bicyclic) bond motifs is 1. The number of halogens is 1. The lowest BCUT2D eigenvalue weighted by Gasteiger charge is -2.25. The summed E-state index contributed by atoms with van der Waals surface area (Å²) in [7, 11) is 0. The van der Waals surface area contributed by atoms with Gasteiger partial charge in [-0.3, -0.25) is 0 Å². The Bertz CT molecular complexity index is 703. The molecule has 1 saturated heterocycles. The van der Waals surface area contributed by atoms with Gasteiger partial charge < -0.3 is 25.3 Å². The fraction of sp³-hybridized carbons (Fsp3) is 0.571. The monoisotopic (exact) mass is 310 g/mol. The fourth-order valence-corrected chi connectivity index (χ4v) is 3.00. The highest BCUT2D eigenvalue weighted by Gasteiger charge is 2.55. The van der Waals surface area contributed by atoms with E-state index in [-0.39, 0.29) is 0 Å². The maximum atomic E-state index is 15.0. The summed E-state index contributed by atoms with van der Waals surface area (Å²) in [5.41, 5.74) is 5.16. The maximum Gasteiger partial charge on any atom is 0.181 e. The minimum absolute atomic E-state index is 0.318. The average Bonchev–Trinajstić information content (AvgIpc) is 2.97. The van der Waals surface area contributed by atoms with Crippen molar-refractivity contribution in [1.82, 2.24) is 14.5 Å². The third-order valence-corrected chi connectivity index (χ3v) is 4.25. The Morgan fingerprint density at radius 3 is 2.82 bits per heavy atom. The van der Waals surface area contributed by atoms with Crippen LogP contribution in [0.15, 0.2) is 12.5 Å². The van der Waals surface area contributed by atoms with Crippen LogP contribution < -0.4 is 5.73 Å². The van der Waals surface area contributed by atoms with E-state index in [2.05, 4.69) is 9.97 Å². The van der Waals surface area contributed by atoms with E-state index in [0.29, 0.717) is 23.3 Å². The first-order chi connectivity index (χ1) is 10.4. The van der Waals surface area contributed by atoms with Gasteiger partial charge >= 0.3 is 0 Å². The number of aliphatic hydroxyl groups excluding tert-OH is 2. The van der Waals surface area contributed by atoms with Crippen molar-refractivity contribution < 1.29 is 19.3 Å². The molecule has 3 heterocycles. The highest BCUT2D eigenvalue weighted by atomic mass is 19.1. The first-order valence-electron chi connectivity index (χ1n) is 7.15. The lowest BCUT2D eigenvalue weighted by atomic mass is 9.98. The van der Waals surface area contributed by atoms with E-state index in [4.69, 9.17) is 10.5 Å². The van der Waals surface area contributed by atoms with Crippen molar-refractivity contribution in [3.63, 3.8) is 0 Å². The summed E-state index contributed by atoms with van der Waals surface area (Å²) in [4.78, 5) is 8.15.